The maximum absolute atomic E-state index is 3.38. The lowest BCUT2D eigenvalue weighted by Crippen LogP contribution is -2.15. The van der Waals surface area contributed by atoms with Crippen molar-refractivity contribution >= 4 is 0 Å². The molecule has 2 rings (SSSR count). The third-order valence-corrected chi connectivity index (χ3v) is 3.31. The SMILES string of the molecule is CCCC(NC)c1ccc(C2CC2)cc1. The third-order valence-electron chi connectivity index (χ3n) is 3.31. The van der Waals surface area contributed by atoms with E-state index in [1.165, 1.54) is 36.8 Å². The van der Waals surface area contributed by atoms with Crippen LogP contribution in [0.1, 0.15) is 55.7 Å². The van der Waals surface area contributed by atoms with E-state index in [9.17, 15) is 0 Å². The summed E-state index contributed by atoms with van der Waals surface area (Å²) < 4.78 is 0. The average Bonchev–Trinajstić information content (AvgIpc) is 3.10. The van der Waals surface area contributed by atoms with Crippen molar-refractivity contribution in [3.05, 3.63) is 35.4 Å². The lowest BCUT2D eigenvalue weighted by atomic mass is 10.00. The Hall–Kier alpha value is -0.820. The predicted octanol–water partition coefficient (Wildman–Crippen LogP) is 3.62. The molecule has 0 aromatic heterocycles. The molecule has 1 nitrogen and oxygen atoms in total. The molecule has 1 aromatic carbocycles. The van der Waals surface area contributed by atoms with Crippen LogP contribution in [-0.2, 0) is 0 Å². The van der Waals surface area contributed by atoms with Gasteiger partial charge >= 0.3 is 0 Å². The Morgan fingerprint density at radius 2 is 1.93 bits per heavy atom. The quantitative estimate of drug-likeness (QED) is 0.770. The number of rotatable bonds is 5. The normalized spacial score (nSPS) is 17.7. The van der Waals surface area contributed by atoms with E-state index in [4.69, 9.17) is 0 Å². The van der Waals surface area contributed by atoms with Crippen LogP contribution < -0.4 is 5.32 Å². The molecule has 0 spiro atoms. The molecule has 0 heterocycles. The first kappa shape index (κ1) is 10.7. The van der Waals surface area contributed by atoms with Crippen LogP contribution in [0.3, 0.4) is 0 Å². The van der Waals surface area contributed by atoms with Crippen LogP contribution in [0.2, 0.25) is 0 Å². The van der Waals surface area contributed by atoms with Gasteiger partial charge in [-0.05, 0) is 43.4 Å². The molecule has 0 radical (unpaired) electrons. The highest BCUT2D eigenvalue weighted by Gasteiger charge is 2.23. The summed E-state index contributed by atoms with van der Waals surface area (Å²) in [4.78, 5) is 0. The summed E-state index contributed by atoms with van der Waals surface area (Å²) >= 11 is 0. The minimum absolute atomic E-state index is 0.531. The van der Waals surface area contributed by atoms with Gasteiger partial charge in [-0.2, -0.15) is 0 Å². The Labute approximate surface area is 92.9 Å². The molecule has 1 aliphatic carbocycles. The zero-order chi connectivity index (χ0) is 10.7. The van der Waals surface area contributed by atoms with Crippen molar-refractivity contribution in [2.45, 2.75) is 44.6 Å². The van der Waals surface area contributed by atoms with E-state index in [2.05, 4.69) is 43.6 Å². The second-order valence-corrected chi connectivity index (χ2v) is 4.57. The summed E-state index contributed by atoms with van der Waals surface area (Å²) in [7, 11) is 2.05. The highest BCUT2D eigenvalue weighted by atomic mass is 14.9. The first-order chi connectivity index (χ1) is 7.35. The van der Waals surface area contributed by atoms with Crippen molar-refractivity contribution in [1.29, 1.82) is 0 Å². The van der Waals surface area contributed by atoms with Gasteiger partial charge in [0, 0.05) is 6.04 Å². The van der Waals surface area contributed by atoms with E-state index in [0.717, 1.165) is 5.92 Å². The van der Waals surface area contributed by atoms with E-state index in [1.54, 1.807) is 0 Å². The Bertz CT molecular complexity index is 298. The zero-order valence-corrected chi connectivity index (χ0v) is 9.79. The largest absolute Gasteiger partial charge is 0.313 e. The predicted molar refractivity (Wildman–Crippen MR) is 65.1 cm³/mol. The van der Waals surface area contributed by atoms with E-state index in [0.29, 0.717) is 6.04 Å². The Morgan fingerprint density at radius 3 is 2.40 bits per heavy atom. The molecule has 1 saturated carbocycles. The fourth-order valence-electron chi connectivity index (χ4n) is 2.18. The van der Waals surface area contributed by atoms with Gasteiger partial charge in [-0.3, -0.25) is 0 Å². The second kappa shape index (κ2) is 4.80. The van der Waals surface area contributed by atoms with Crippen molar-refractivity contribution in [3.8, 4) is 0 Å². The molecule has 1 aromatic rings. The molecule has 0 amide bonds. The molecule has 1 atom stereocenters. The van der Waals surface area contributed by atoms with Crippen LogP contribution in [0.15, 0.2) is 24.3 Å². The van der Waals surface area contributed by atoms with E-state index >= 15 is 0 Å². The van der Waals surface area contributed by atoms with Crippen molar-refractivity contribution < 1.29 is 0 Å². The van der Waals surface area contributed by atoms with Crippen molar-refractivity contribution in [1.82, 2.24) is 5.32 Å². The topological polar surface area (TPSA) is 12.0 Å². The van der Waals surface area contributed by atoms with Crippen LogP contribution in [-0.4, -0.2) is 7.05 Å². The molecule has 1 unspecified atom stereocenters. The van der Waals surface area contributed by atoms with Gasteiger partial charge in [0.05, 0.1) is 0 Å². The van der Waals surface area contributed by atoms with Crippen LogP contribution in [0.25, 0.3) is 0 Å². The van der Waals surface area contributed by atoms with Crippen molar-refractivity contribution in [2.75, 3.05) is 7.05 Å². The van der Waals surface area contributed by atoms with Gasteiger partial charge in [0.1, 0.15) is 0 Å². The average molecular weight is 203 g/mol. The monoisotopic (exact) mass is 203 g/mol. The summed E-state index contributed by atoms with van der Waals surface area (Å²) in [6, 6.07) is 9.75. The lowest BCUT2D eigenvalue weighted by molar-refractivity contribution is 0.541. The Morgan fingerprint density at radius 1 is 1.27 bits per heavy atom. The molecule has 1 N–H and O–H groups in total. The summed E-state index contributed by atoms with van der Waals surface area (Å²) in [5.74, 6) is 0.873. The number of hydrogen-bond acceptors (Lipinski definition) is 1. The van der Waals surface area contributed by atoms with Crippen LogP contribution >= 0.6 is 0 Å². The summed E-state index contributed by atoms with van der Waals surface area (Å²) in [6.07, 6.45) is 5.24. The highest BCUT2D eigenvalue weighted by Crippen LogP contribution is 2.40. The molecule has 15 heavy (non-hydrogen) atoms. The van der Waals surface area contributed by atoms with Gasteiger partial charge in [-0.25, -0.2) is 0 Å². The Balaban J connectivity index is 2.06. The summed E-state index contributed by atoms with van der Waals surface area (Å²) in [5.41, 5.74) is 2.97. The van der Waals surface area contributed by atoms with Crippen molar-refractivity contribution in [2.24, 2.45) is 0 Å². The van der Waals surface area contributed by atoms with Gasteiger partial charge in [0.15, 0.2) is 0 Å². The fourth-order valence-corrected chi connectivity index (χ4v) is 2.18. The number of benzene rings is 1. The standard InChI is InChI=1S/C14H21N/c1-3-4-14(15-2)13-9-7-12(8-10-13)11-5-6-11/h7-11,14-15H,3-6H2,1-2H3. The van der Waals surface area contributed by atoms with Crippen LogP contribution in [0.5, 0.6) is 0 Å². The summed E-state index contributed by atoms with van der Waals surface area (Å²) in [6.45, 7) is 2.24. The number of nitrogens with one attached hydrogen (secondary N) is 1. The minimum atomic E-state index is 0.531. The van der Waals surface area contributed by atoms with Gasteiger partial charge < -0.3 is 5.32 Å². The molecule has 0 aliphatic heterocycles. The fraction of sp³-hybridized carbons (Fsp3) is 0.571. The maximum atomic E-state index is 3.38. The number of hydrogen-bond donors (Lipinski definition) is 1. The lowest BCUT2D eigenvalue weighted by Gasteiger charge is -2.15. The van der Waals surface area contributed by atoms with E-state index in [1.807, 2.05) is 0 Å². The Kier molecular flexibility index (Phi) is 3.42. The van der Waals surface area contributed by atoms with Crippen LogP contribution in [0, 0.1) is 0 Å². The van der Waals surface area contributed by atoms with Crippen molar-refractivity contribution in [3.63, 3.8) is 0 Å². The minimum Gasteiger partial charge on any atom is -0.313 e. The van der Waals surface area contributed by atoms with Gasteiger partial charge in [0.25, 0.3) is 0 Å². The van der Waals surface area contributed by atoms with Gasteiger partial charge in [-0.1, -0.05) is 37.6 Å². The second-order valence-electron chi connectivity index (χ2n) is 4.57. The molecule has 1 fully saturated rings. The molecule has 1 aliphatic rings. The van der Waals surface area contributed by atoms with Gasteiger partial charge in [-0.15, -0.1) is 0 Å². The molecular formula is C14H21N. The van der Waals surface area contributed by atoms with E-state index in [-0.39, 0.29) is 0 Å². The first-order valence-electron chi connectivity index (χ1n) is 6.12. The maximum Gasteiger partial charge on any atom is 0.0317 e. The smallest absolute Gasteiger partial charge is 0.0317 e. The van der Waals surface area contributed by atoms with Gasteiger partial charge in [0.2, 0.25) is 0 Å². The molecular weight excluding hydrogens is 182 g/mol. The summed E-state index contributed by atoms with van der Waals surface area (Å²) in [5, 5.41) is 3.38. The highest BCUT2D eigenvalue weighted by molar-refractivity contribution is 5.29. The zero-order valence-electron chi connectivity index (χ0n) is 9.79. The first-order valence-corrected chi connectivity index (χ1v) is 6.12. The molecule has 0 saturated heterocycles. The molecule has 1 heteroatoms. The molecule has 0 bridgehead atoms. The third kappa shape index (κ3) is 2.60. The molecule has 82 valence electrons. The van der Waals surface area contributed by atoms with E-state index < -0.39 is 0 Å². The van der Waals surface area contributed by atoms with Crippen LogP contribution in [0.4, 0.5) is 0 Å².